The van der Waals surface area contributed by atoms with Crippen LogP contribution in [0.2, 0.25) is 0 Å². The topological polar surface area (TPSA) is 37.3 Å². The van der Waals surface area contributed by atoms with Crippen LogP contribution in [0, 0.1) is 0 Å². The van der Waals surface area contributed by atoms with Crippen molar-refractivity contribution in [2.75, 3.05) is 0 Å². The van der Waals surface area contributed by atoms with Gasteiger partial charge in [-0.2, -0.15) is 0 Å². The average Bonchev–Trinajstić information content (AvgIpc) is 2.57. The van der Waals surface area contributed by atoms with Gasteiger partial charge in [0.05, 0.1) is 0 Å². The van der Waals surface area contributed by atoms with Crippen molar-refractivity contribution in [1.29, 1.82) is 0 Å². The van der Waals surface area contributed by atoms with E-state index in [1.165, 1.54) is 0 Å². The second-order valence-corrected chi connectivity index (χ2v) is 5.71. The van der Waals surface area contributed by atoms with Crippen LogP contribution < -0.4 is 0 Å². The summed E-state index contributed by atoms with van der Waals surface area (Å²) in [5.41, 5.74) is 1.30. The summed E-state index contributed by atoms with van der Waals surface area (Å²) in [5, 5.41) is 11.4. The average molecular weight is 311 g/mol. The Hall–Kier alpha value is -2.32. The minimum absolute atomic E-state index is 0.130. The smallest absolute Gasteiger partial charge is 0.180 e. The van der Waals surface area contributed by atoms with Crippen LogP contribution in [-0.4, -0.2) is 16.3 Å². The maximum atomic E-state index is 12.4. The van der Waals surface area contributed by atoms with E-state index >= 15 is 0 Å². The number of alkyl halides is 1. The molecule has 0 fully saturated rings. The lowest BCUT2D eigenvalue weighted by molar-refractivity contribution is 0.0987. The fraction of sp³-hybridized carbons (Fsp3) is 0.105. The Morgan fingerprint density at radius 3 is 2.41 bits per heavy atom. The van der Waals surface area contributed by atoms with Crippen molar-refractivity contribution in [3.8, 4) is 5.75 Å². The molecule has 110 valence electrons. The number of hydrogen-bond donors (Lipinski definition) is 1. The minimum atomic E-state index is -0.709. The van der Waals surface area contributed by atoms with E-state index in [1.54, 1.807) is 18.2 Å². The van der Waals surface area contributed by atoms with E-state index in [4.69, 9.17) is 11.6 Å². The summed E-state index contributed by atoms with van der Waals surface area (Å²) in [6, 6.07) is 20.2. The molecule has 1 atom stereocenters. The van der Waals surface area contributed by atoms with Crippen molar-refractivity contribution in [1.82, 2.24) is 0 Å². The fourth-order valence-corrected chi connectivity index (χ4v) is 2.87. The zero-order valence-electron chi connectivity index (χ0n) is 11.9. The summed E-state index contributed by atoms with van der Waals surface area (Å²) in [5.74, 6) is 0.0415. The number of carbonyl (C=O) groups is 1. The van der Waals surface area contributed by atoms with Gasteiger partial charge in [0.25, 0.3) is 0 Å². The molecule has 3 aromatic carbocycles. The van der Waals surface area contributed by atoms with Crippen molar-refractivity contribution in [2.24, 2.45) is 0 Å². The van der Waals surface area contributed by atoms with E-state index in [-0.39, 0.29) is 11.5 Å². The van der Waals surface area contributed by atoms with Crippen molar-refractivity contribution < 1.29 is 9.90 Å². The summed E-state index contributed by atoms with van der Waals surface area (Å²) in [6.45, 7) is 0. The summed E-state index contributed by atoms with van der Waals surface area (Å²) in [7, 11) is 0. The molecule has 2 nitrogen and oxygen atoms in total. The molecule has 0 saturated carbocycles. The number of hydrogen-bond acceptors (Lipinski definition) is 2. The second-order valence-electron chi connectivity index (χ2n) is 5.19. The van der Waals surface area contributed by atoms with Crippen LogP contribution in [0.4, 0.5) is 0 Å². The van der Waals surface area contributed by atoms with E-state index in [9.17, 15) is 9.90 Å². The molecule has 0 aliphatic carbocycles. The van der Waals surface area contributed by atoms with Crippen LogP contribution in [0.5, 0.6) is 5.75 Å². The Bertz CT molecular complexity index is 812. The molecule has 1 N–H and O–H groups in total. The molecule has 3 aromatic rings. The number of fused-ring (bicyclic) bond motifs is 1. The lowest BCUT2D eigenvalue weighted by Crippen LogP contribution is -2.17. The van der Waals surface area contributed by atoms with Crippen LogP contribution in [0.25, 0.3) is 10.8 Å². The first-order valence-electron chi connectivity index (χ1n) is 7.10. The molecule has 3 heteroatoms. The first kappa shape index (κ1) is 14.6. The number of rotatable bonds is 4. The molecule has 0 spiro atoms. The standard InChI is InChI=1S/C19H15ClO2/c20-17(19(22)14-7-2-1-3-8-14)12-16-15-9-5-4-6-13(15)10-11-18(16)21/h1-11,17,21H,12H2. The summed E-state index contributed by atoms with van der Waals surface area (Å²) in [6.07, 6.45) is 0.294. The third-order valence-corrected chi connectivity index (χ3v) is 4.09. The van der Waals surface area contributed by atoms with Crippen LogP contribution >= 0.6 is 11.6 Å². The lowest BCUT2D eigenvalue weighted by Gasteiger charge is -2.13. The highest BCUT2D eigenvalue weighted by molar-refractivity contribution is 6.34. The molecule has 0 amide bonds. The number of phenols is 1. The zero-order chi connectivity index (χ0) is 15.5. The van der Waals surface area contributed by atoms with Crippen LogP contribution in [0.1, 0.15) is 15.9 Å². The Morgan fingerprint density at radius 2 is 1.64 bits per heavy atom. The molecule has 0 aliphatic heterocycles. The molecular weight excluding hydrogens is 296 g/mol. The van der Waals surface area contributed by atoms with Crippen molar-refractivity contribution in [3.63, 3.8) is 0 Å². The molecule has 0 saturated heterocycles. The number of halogens is 1. The number of phenolic OH excluding ortho intramolecular Hbond substituents is 1. The molecule has 0 heterocycles. The lowest BCUT2D eigenvalue weighted by atomic mass is 9.97. The molecular formula is C19H15ClO2. The highest BCUT2D eigenvalue weighted by Gasteiger charge is 2.20. The fourth-order valence-electron chi connectivity index (χ4n) is 2.59. The molecule has 0 radical (unpaired) electrons. The SMILES string of the molecule is O=C(c1ccccc1)C(Cl)Cc1c(O)ccc2ccccc12. The normalized spacial score (nSPS) is 12.2. The van der Waals surface area contributed by atoms with Gasteiger partial charge in [0.15, 0.2) is 5.78 Å². The third kappa shape index (κ3) is 2.83. The van der Waals surface area contributed by atoms with Crippen molar-refractivity contribution in [3.05, 3.63) is 77.9 Å². The molecule has 3 rings (SSSR count). The highest BCUT2D eigenvalue weighted by atomic mass is 35.5. The number of carbonyl (C=O) groups excluding carboxylic acids is 1. The van der Waals surface area contributed by atoms with Gasteiger partial charge in [0.2, 0.25) is 0 Å². The largest absolute Gasteiger partial charge is 0.508 e. The monoisotopic (exact) mass is 310 g/mol. The molecule has 0 aliphatic rings. The van der Waals surface area contributed by atoms with Gasteiger partial charge in [-0.15, -0.1) is 11.6 Å². The van der Waals surface area contributed by atoms with Gasteiger partial charge < -0.3 is 5.11 Å². The second kappa shape index (κ2) is 6.20. The predicted molar refractivity (Wildman–Crippen MR) is 89.7 cm³/mol. The Labute approximate surface area is 134 Å². The third-order valence-electron chi connectivity index (χ3n) is 3.74. The highest BCUT2D eigenvalue weighted by Crippen LogP contribution is 2.29. The van der Waals surface area contributed by atoms with Crippen molar-refractivity contribution in [2.45, 2.75) is 11.8 Å². The van der Waals surface area contributed by atoms with Gasteiger partial charge in [-0.05, 0) is 16.8 Å². The maximum absolute atomic E-state index is 12.4. The Morgan fingerprint density at radius 1 is 0.955 bits per heavy atom. The first-order valence-corrected chi connectivity index (χ1v) is 7.53. The van der Waals surface area contributed by atoms with Gasteiger partial charge in [-0.25, -0.2) is 0 Å². The zero-order valence-corrected chi connectivity index (χ0v) is 12.6. The number of ketones is 1. The maximum Gasteiger partial charge on any atom is 0.180 e. The van der Waals surface area contributed by atoms with Crippen LogP contribution in [0.3, 0.4) is 0 Å². The summed E-state index contributed by atoms with van der Waals surface area (Å²) < 4.78 is 0. The molecule has 1 unspecified atom stereocenters. The van der Waals surface area contributed by atoms with Gasteiger partial charge >= 0.3 is 0 Å². The van der Waals surface area contributed by atoms with Gasteiger partial charge in [-0.1, -0.05) is 60.7 Å². The molecule has 22 heavy (non-hydrogen) atoms. The first-order chi connectivity index (χ1) is 10.7. The quantitative estimate of drug-likeness (QED) is 0.566. The number of Topliss-reactive ketones (excluding diaryl/α,β-unsaturated/α-hetero) is 1. The van der Waals surface area contributed by atoms with E-state index in [1.807, 2.05) is 48.5 Å². The minimum Gasteiger partial charge on any atom is -0.508 e. The molecule has 0 aromatic heterocycles. The van der Waals surface area contributed by atoms with Crippen molar-refractivity contribution >= 4 is 28.2 Å². The van der Waals surface area contributed by atoms with Gasteiger partial charge in [0.1, 0.15) is 11.1 Å². The molecule has 0 bridgehead atoms. The predicted octanol–water partition coefficient (Wildman–Crippen LogP) is 4.58. The van der Waals surface area contributed by atoms with Crippen LogP contribution in [0.15, 0.2) is 66.7 Å². The van der Waals surface area contributed by atoms with Crippen LogP contribution in [-0.2, 0) is 6.42 Å². The van der Waals surface area contributed by atoms with Gasteiger partial charge in [0, 0.05) is 17.5 Å². The number of benzene rings is 3. The van der Waals surface area contributed by atoms with E-state index in [0.29, 0.717) is 17.5 Å². The van der Waals surface area contributed by atoms with Gasteiger partial charge in [-0.3, -0.25) is 4.79 Å². The number of aromatic hydroxyl groups is 1. The van der Waals surface area contributed by atoms with E-state index < -0.39 is 5.38 Å². The Kier molecular flexibility index (Phi) is 4.12. The van der Waals surface area contributed by atoms with E-state index in [2.05, 4.69) is 0 Å². The van der Waals surface area contributed by atoms with E-state index in [0.717, 1.165) is 10.8 Å². The summed E-state index contributed by atoms with van der Waals surface area (Å²) in [4.78, 5) is 12.4. The summed E-state index contributed by atoms with van der Waals surface area (Å²) >= 11 is 6.31. The Balaban J connectivity index is 1.93.